The van der Waals surface area contributed by atoms with Gasteiger partial charge in [-0.3, -0.25) is 9.59 Å². The first-order chi connectivity index (χ1) is 15.3. The molecule has 0 spiro atoms. The molecule has 0 atom stereocenters. The fourth-order valence-electron chi connectivity index (χ4n) is 3.47. The molecule has 2 N–H and O–H groups in total. The summed E-state index contributed by atoms with van der Waals surface area (Å²) >= 11 is 1.27. The molecule has 6 heteroatoms. The van der Waals surface area contributed by atoms with Crippen LogP contribution in [0, 0.1) is 27.7 Å². The number of carbonyl (C=O) groups is 2. The van der Waals surface area contributed by atoms with Gasteiger partial charge >= 0.3 is 0 Å². The zero-order chi connectivity index (χ0) is 23.3. The zero-order valence-corrected chi connectivity index (χ0v) is 20.0. The molecule has 3 rings (SSSR count). The molecule has 1 aromatic heterocycles. The Hall–Kier alpha value is -3.12. The van der Waals surface area contributed by atoms with Crippen LogP contribution in [0.15, 0.2) is 53.6 Å². The summed E-state index contributed by atoms with van der Waals surface area (Å²) < 4.78 is 0. The highest BCUT2D eigenvalue weighted by Gasteiger charge is 2.19. The van der Waals surface area contributed by atoms with E-state index in [0.717, 1.165) is 40.2 Å². The maximum absolute atomic E-state index is 13.1. The predicted octanol–water partition coefficient (Wildman–Crippen LogP) is 5.86. The van der Waals surface area contributed by atoms with Crippen molar-refractivity contribution in [2.24, 2.45) is 0 Å². The second-order valence-corrected chi connectivity index (χ2v) is 8.88. The molecule has 0 unspecified atom stereocenters. The number of rotatable bonds is 7. The molecule has 3 aromatic rings. The van der Waals surface area contributed by atoms with Crippen molar-refractivity contribution in [3.8, 4) is 0 Å². The number of nitrogens with zero attached hydrogens (tertiary/aromatic N) is 1. The van der Waals surface area contributed by atoms with Crippen molar-refractivity contribution in [3.63, 3.8) is 0 Å². The molecule has 2 amide bonds. The fourth-order valence-corrected chi connectivity index (χ4v) is 4.42. The van der Waals surface area contributed by atoms with Crippen LogP contribution in [0.1, 0.15) is 45.2 Å². The van der Waals surface area contributed by atoms with Crippen LogP contribution in [0.5, 0.6) is 0 Å². The van der Waals surface area contributed by atoms with Gasteiger partial charge in [-0.1, -0.05) is 48.5 Å². The minimum atomic E-state index is -0.225. The maximum atomic E-state index is 13.1. The minimum absolute atomic E-state index is 0.135. The van der Waals surface area contributed by atoms with E-state index in [9.17, 15) is 9.59 Å². The molecule has 0 aliphatic carbocycles. The van der Waals surface area contributed by atoms with E-state index >= 15 is 0 Å². The summed E-state index contributed by atoms with van der Waals surface area (Å²) in [7, 11) is 0. The van der Waals surface area contributed by atoms with Crippen LogP contribution < -0.4 is 10.6 Å². The quantitative estimate of drug-likeness (QED) is 0.445. The molecule has 5 nitrogen and oxygen atoms in total. The molecular weight excluding hydrogens is 418 g/mol. The SMILES string of the molecule is CCc1ccc(NC(=O)c2c(C)cc(C)nc2SCC(=O)Nc2ccc(C)cc2C)cc1. The van der Waals surface area contributed by atoms with Gasteiger partial charge in [0.2, 0.25) is 5.91 Å². The number of hydrogen-bond acceptors (Lipinski definition) is 4. The number of pyridine rings is 1. The number of thioether (sulfide) groups is 1. The summed E-state index contributed by atoms with van der Waals surface area (Å²) in [4.78, 5) is 30.2. The fraction of sp³-hybridized carbons (Fsp3) is 0.269. The Balaban J connectivity index is 1.74. The Morgan fingerprint density at radius 1 is 0.906 bits per heavy atom. The highest BCUT2D eigenvalue weighted by atomic mass is 32.2. The van der Waals surface area contributed by atoms with Crippen molar-refractivity contribution in [3.05, 3.63) is 82.0 Å². The van der Waals surface area contributed by atoms with Crippen molar-refractivity contribution >= 4 is 35.0 Å². The average Bonchev–Trinajstić information content (AvgIpc) is 2.74. The number of nitrogens with one attached hydrogen (secondary N) is 2. The molecule has 1 heterocycles. The lowest BCUT2D eigenvalue weighted by Gasteiger charge is -2.14. The second-order valence-electron chi connectivity index (χ2n) is 7.92. The number of aromatic nitrogens is 1. The third-order valence-electron chi connectivity index (χ3n) is 5.15. The molecular formula is C26H29N3O2S. The van der Waals surface area contributed by atoms with Crippen molar-refractivity contribution in [1.82, 2.24) is 4.98 Å². The normalized spacial score (nSPS) is 10.7. The first-order valence-electron chi connectivity index (χ1n) is 10.6. The number of aryl methyl sites for hydroxylation is 5. The highest BCUT2D eigenvalue weighted by molar-refractivity contribution is 8.00. The first-order valence-corrected chi connectivity index (χ1v) is 11.6. The van der Waals surface area contributed by atoms with E-state index in [1.807, 2.05) is 76.2 Å². The van der Waals surface area contributed by atoms with Crippen LogP contribution in [0.25, 0.3) is 0 Å². The van der Waals surface area contributed by atoms with Gasteiger partial charge in [0.1, 0.15) is 5.03 Å². The van der Waals surface area contributed by atoms with Gasteiger partial charge in [0.25, 0.3) is 5.91 Å². The molecule has 0 bridgehead atoms. The van der Waals surface area contributed by atoms with Crippen LogP contribution in [0.3, 0.4) is 0 Å². The van der Waals surface area contributed by atoms with Crippen LogP contribution >= 0.6 is 11.8 Å². The van der Waals surface area contributed by atoms with E-state index in [-0.39, 0.29) is 17.6 Å². The number of anilines is 2. The van der Waals surface area contributed by atoms with Gasteiger partial charge in [0, 0.05) is 17.1 Å². The monoisotopic (exact) mass is 447 g/mol. The summed E-state index contributed by atoms with van der Waals surface area (Å²) in [6.07, 6.45) is 0.945. The number of carbonyl (C=O) groups excluding carboxylic acids is 2. The highest BCUT2D eigenvalue weighted by Crippen LogP contribution is 2.26. The Bertz CT molecular complexity index is 1140. The molecule has 0 radical (unpaired) electrons. The van der Waals surface area contributed by atoms with Gasteiger partial charge < -0.3 is 10.6 Å². The number of benzene rings is 2. The predicted molar refractivity (Wildman–Crippen MR) is 133 cm³/mol. The van der Waals surface area contributed by atoms with E-state index in [1.165, 1.54) is 17.3 Å². The Morgan fingerprint density at radius 2 is 1.62 bits per heavy atom. The van der Waals surface area contributed by atoms with Gasteiger partial charge in [0.05, 0.1) is 11.3 Å². The summed E-state index contributed by atoms with van der Waals surface area (Å²) in [5, 5.41) is 6.46. The van der Waals surface area contributed by atoms with Crippen LogP contribution in [0.2, 0.25) is 0 Å². The lowest BCUT2D eigenvalue weighted by atomic mass is 10.1. The maximum Gasteiger partial charge on any atom is 0.258 e. The van der Waals surface area contributed by atoms with Gasteiger partial charge in [-0.25, -0.2) is 4.98 Å². The lowest BCUT2D eigenvalue weighted by Crippen LogP contribution is -2.18. The number of hydrogen-bond donors (Lipinski definition) is 2. The van der Waals surface area contributed by atoms with Crippen LogP contribution in [0.4, 0.5) is 11.4 Å². The largest absolute Gasteiger partial charge is 0.325 e. The first kappa shape index (κ1) is 23.5. The number of amides is 2. The lowest BCUT2D eigenvalue weighted by molar-refractivity contribution is -0.113. The molecule has 2 aromatic carbocycles. The van der Waals surface area contributed by atoms with Crippen molar-refractivity contribution < 1.29 is 9.59 Å². The zero-order valence-electron chi connectivity index (χ0n) is 19.2. The molecule has 0 aliphatic heterocycles. The van der Waals surface area contributed by atoms with Gasteiger partial charge in [0.15, 0.2) is 0 Å². The van der Waals surface area contributed by atoms with Gasteiger partial charge in [-0.05, 0) is 75.1 Å². The summed E-state index contributed by atoms with van der Waals surface area (Å²) in [6, 6.07) is 15.6. The van der Waals surface area contributed by atoms with E-state index in [1.54, 1.807) is 0 Å². The molecule has 0 fully saturated rings. The Morgan fingerprint density at radius 3 is 2.28 bits per heavy atom. The Kier molecular flexibility index (Phi) is 7.70. The smallest absolute Gasteiger partial charge is 0.258 e. The van der Waals surface area contributed by atoms with E-state index in [2.05, 4.69) is 22.5 Å². The van der Waals surface area contributed by atoms with E-state index in [4.69, 9.17) is 0 Å². The summed E-state index contributed by atoms with van der Waals surface area (Å²) in [5.74, 6) is -0.199. The molecule has 0 saturated heterocycles. The van der Waals surface area contributed by atoms with Gasteiger partial charge in [-0.2, -0.15) is 0 Å². The minimum Gasteiger partial charge on any atom is -0.325 e. The Labute approximate surface area is 194 Å². The summed E-state index contributed by atoms with van der Waals surface area (Å²) in [6.45, 7) is 9.86. The molecule has 166 valence electrons. The third-order valence-corrected chi connectivity index (χ3v) is 6.13. The third kappa shape index (κ3) is 5.98. The van der Waals surface area contributed by atoms with E-state index < -0.39 is 0 Å². The molecule has 0 aliphatic rings. The van der Waals surface area contributed by atoms with Crippen molar-refractivity contribution in [2.75, 3.05) is 16.4 Å². The van der Waals surface area contributed by atoms with E-state index in [0.29, 0.717) is 10.6 Å². The van der Waals surface area contributed by atoms with Crippen LogP contribution in [-0.2, 0) is 11.2 Å². The van der Waals surface area contributed by atoms with Gasteiger partial charge in [-0.15, -0.1) is 0 Å². The van der Waals surface area contributed by atoms with Crippen LogP contribution in [-0.4, -0.2) is 22.6 Å². The second kappa shape index (κ2) is 10.5. The standard InChI is InChI=1S/C26H29N3O2S/c1-6-20-8-10-21(11-9-20)28-25(31)24-18(4)14-19(5)27-26(24)32-15-23(30)29-22-12-7-16(2)13-17(22)3/h7-14H,6,15H2,1-5H3,(H,28,31)(H,29,30). The van der Waals surface area contributed by atoms with Crippen molar-refractivity contribution in [1.29, 1.82) is 0 Å². The summed E-state index contributed by atoms with van der Waals surface area (Å²) in [5.41, 5.74) is 7.04. The molecule has 0 saturated carbocycles. The molecule has 32 heavy (non-hydrogen) atoms. The topological polar surface area (TPSA) is 71.1 Å². The average molecular weight is 448 g/mol. The van der Waals surface area contributed by atoms with Crippen molar-refractivity contribution in [2.45, 2.75) is 46.1 Å².